The predicted molar refractivity (Wildman–Crippen MR) is 62.3 cm³/mol. The van der Waals surface area contributed by atoms with E-state index in [1.54, 1.807) is 0 Å². The number of hydrogen-bond acceptors (Lipinski definition) is 3. The first-order valence-corrected chi connectivity index (χ1v) is 5.68. The Morgan fingerprint density at radius 1 is 1.27 bits per heavy atom. The normalized spacial score (nSPS) is 18.5. The Bertz CT molecular complexity index is 323. The lowest BCUT2D eigenvalue weighted by atomic mass is 10.3. The summed E-state index contributed by atoms with van der Waals surface area (Å²) in [5.41, 5.74) is 1.12. The molecule has 1 saturated heterocycles. The fourth-order valence-electron chi connectivity index (χ4n) is 2.03. The maximum absolute atomic E-state index is 4.60. The Labute approximate surface area is 91.5 Å². The van der Waals surface area contributed by atoms with Crippen LogP contribution in [0, 0.1) is 6.92 Å². The Morgan fingerprint density at radius 3 is 2.53 bits per heavy atom. The van der Waals surface area contributed by atoms with E-state index in [9.17, 15) is 0 Å². The second-order valence-corrected chi connectivity index (χ2v) is 4.26. The van der Waals surface area contributed by atoms with Gasteiger partial charge in [-0.05, 0) is 20.9 Å². The van der Waals surface area contributed by atoms with Crippen molar-refractivity contribution in [2.75, 3.05) is 38.1 Å². The number of anilines is 1. The summed E-state index contributed by atoms with van der Waals surface area (Å²) in [6.45, 7) is 9.68. The van der Waals surface area contributed by atoms with Crippen molar-refractivity contribution in [3.8, 4) is 0 Å². The smallest absolute Gasteiger partial charge is 0.205 e. The molecule has 0 unspecified atom stereocenters. The van der Waals surface area contributed by atoms with Crippen LogP contribution in [0.25, 0.3) is 0 Å². The van der Waals surface area contributed by atoms with Crippen LogP contribution >= 0.6 is 0 Å². The van der Waals surface area contributed by atoms with Gasteiger partial charge in [0.25, 0.3) is 0 Å². The summed E-state index contributed by atoms with van der Waals surface area (Å²) in [5, 5.41) is 0. The van der Waals surface area contributed by atoms with E-state index in [1.807, 2.05) is 0 Å². The van der Waals surface area contributed by atoms with Gasteiger partial charge in [0.05, 0.1) is 5.69 Å². The molecule has 2 rings (SSSR count). The highest BCUT2D eigenvalue weighted by molar-refractivity contribution is 5.34. The zero-order chi connectivity index (χ0) is 10.8. The monoisotopic (exact) mass is 208 g/mol. The topological polar surface area (TPSA) is 24.3 Å². The molecule has 84 valence electrons. The summed E-state index contributed by atoms with van der Waals surface area (Å²) in [7, 11) is 2.18. The summed E-state index contributed by atoms with van der Waals surface area (Å²) in [6, 6.07) is 0. The van der Waals surface area contributed by atoms with Crippen molar-refractivity contribution in [3.05, 3.63) is 11.9 Å². The SMILES string of the molecule is CCn1cc(C)nc1N1CCN(C)CC1. The standard InChI is InChI=1S/C11H20N4/c1-4-14-9-10(2)12-11(14)15-7-5-13(3)6-8-15/h9H,4-8H2,1-3H3. The quantitative estimate of drug-likeness (QED) is 0.723. The van der Waals surface area contributed by atoms with Crippen LogP contribution in [0.1, 0.15) is 12.6 Å². The van der Waals surface area contributed by atoms with Gasteiger partial charge in [-0.2, -0.15) is 0 Å². The van der Waals surface area contributed by atoms with Crippen LogP contribution in [0.2, 0.25) is 0 Å². The highest BCUT2D eigenvalue weighted by atomic mass is 15.3. The molecule has 0 N–H and O–H groups in total. The van der Waals surface area contributed by atoms with Gasteiger partial charge in [-0.15, -0.1) is 0 Å². The minimum absolute atomic E-state index is 1.00. The van der Waals surface area contributed by atoms with Crippen molar-refractivity contribution in [1.29, 1.82) is 0 Å². The second-order valence-electron chi connectivity index (χ2n) is 4.26. The van der Waals surface area contributed by atoms with E-state index in [2.05, 4.69) is 46.4 Å². The number of hydrogen-bond donors (Lipinski definition) is 0. The lowest BCUT2D eigenvalue weighted by Crippen LogP contribution is -2.45. The van der Waals surface area contributed by atoms with E-state index in [0.717, 1.165) is 44.4 Å². The lowest BCUT2D eigenvalue weighted by molar-refractivity contribution is 0.310. The molecule has 2 heterocycles. The number of rotatable bonds is 2. The molecule has 1 aliphatic rings. The van der Waals surface area contributed by atoms with Crippen molar-refractivity contribution in [2.24, 2.45) is 0 Å². The molecule has 0 atom stereocenters. The predicted octanol–water partition coefficient (Wildman–Crippen LogP) is 0.963. The number of nitrogens with zero attached hydrogens (tertiary/aromatic N) is 4. The molecule has 1 aliphatic heterocycles. The molecule has 0 radical (unpaired) electrons. The van der Waals surface area contributed by atoms with E-state index in [-0.39, 0.29) is 0 Å². The first kappa shape index (κ1) is 10.5. The Hall–Kier alpha value is -1.03. The van der Waals surface area contributed by atoms with Crippen molar-refractivity contribution < 1.29 is 0 Å². The maximum Gasteiger partial charge on any atom is 0.205 e. The first-order valence-electron chi connectivity index (χ1n) is 5.68. The molecule has 1 aromatic rings. The molecule has 4 nitrogen and oxygen atoms in total. The van der Waals surface area contributed by atoms with E-state index in [1.165, 1.54) is 0 Å². The molecule has 0 aliphatic carbocycles. The van der Waals surface area contributed by atoms with Gasteiger partial charge in [-0.3, -0.25) is 0 Å². The molecular formula is C11H20N4. The average molecular weight is 208 g/mol. The maximum atomic E-state index is 4.60. The summed E-state index contributed by atoms with van der Waals surface area (Å²) in [6.07, 6.45) is 2.13. The summed E-state index contributed by atoms with van der Waals surface area (Å²) in [4.78, 5) is 9.35. The van der Waals surface area contributed by atoms with Crippen molar-refractivity contribution in [3.63, 3.8) is 0 Å². The molecule has 1 fully saturated rings. The van der Waals surface area contributed by atoms with Gasteiger partial charge < -0.3 is 14.4 Å². The number of likely N-dealkylation sites (N-methyl/N-ethyl adjacent to an activating group) is 1. The van der Waals surface area contributed by atoms with Gasteiger partial charge in [0.15, 0.2) is 0 Å². The Morgan fingerprint density at radius 2 is 1.93 bits per heavy atom. The van der Waals surface area contributed by atoms with Gasteiger partial charge in [0.1, 0.15) is 0 Å². The van der Waals surface area contributed by atoms with Crippen molar-refractivity contribution in [1.82, 2.24) is 14.5 Å². The average Bonchev–Trinajstić information content (AvgIpc) is 2.61. The molecule has 4 heteroatoms. The number of aryl methyl sites for hydroxylation is 2. The van der Waals surface area contributed by atoms with Gasteiger partial charge in [0, 0.05) is 38.9 Å². The molecule has 0 amide bonds. The lowest BCUT2D eigenvalue weighted by Gasteiger charge is -2.33. The molecule has 0 spiro atoms. The third kappa shape index (κ3) is 2.15. The van der Waals surface area contributed by atoms with Crippen LogP contribution in [-0.4, -0.2) is 47.7 Å². The molecule has 1 aromatic heterocycles. The molecule has 0 saturated carbocycles. The van der Waals surface area contributed by atoms with Crippen LogP contribution in [0.3, 0.4) is 0 Å². The van der Waals surface area contributed by atoms with Crippen LogP contribution in [0.5, 0.6) is 0 Å². The molecular weight excluding hydrogens is 188 g/mol. The first-order chi connectivity index (χ1) is 7.20. The third-order valence-corrected chi connectivity index (χ3v) is 3.00. The minimum Gasteiger partial charge on any atom is -0.340 e. The van der Waals surface area contributed by atoms with E-state index in [4.69, 9.17) is 0 Å². The number of piperazine rings is 1. The highest BCUT2D eigenvalue weighted by Gasteiger charge is 2.18. The van der Waals surface area contributed by atoms with Gasteiger partial charge >= 0.3 is 0 Å². The third-order valence-electron chi connectivity index (χ3n) is 3.00. The van der Waals surface area contributed by atoms with Gasteiger partial charge in [-0.25, -0.2) is 4.98 Å². The van der Waals surface area contributed by atoms with E-state index in [0.29, 0.717) is 0 Å². The van der Waals surface area contributed by atoms with Crippen LogP contribution in [0.15, 0.2) is 6.20 Å². The fourth-order valence-corrected chi connectivity index (χ4v) is 2.03. The van der Waals surface area contributed by atoms with Crippen molar-refractivity contribution >= 4 is 5.95 Å². The largest absolute Gasteiger partial charge is 0.340 e. The van der Waals surface area contributed by atoms with Crippen LogP contribution < -0.4 is 4.90 Å². The Kier molecular flexibility index (Phi) is 2.95. The van der Waals surface area contributed by atoms with Crippen LogP contribution in [0.4, 0.5) is 5.95 Å². The van der Waals surface area contributed by atoms with E-state index >= 15 is 0 Å². The molecule has 0 bridgehead atoms. The van der Waals surface area contributed by atoms with Gasteiger partial charge in [-0.1, -0.05) is 0 Å². The number of aromatic nitrogens is 2. The highest BCUT2D eigenvalue weighted by Crippen LogP contribution is 2.15. The Balaban J connectivity index is 2.14. The number of imidazole rings is 1. The molecule has 15 heavy (non-hydrogen) atoms. The van der Waals surface area contributed by atoms with Gasteiger partial charge in [0.2, 0.25) is 5.95 Å². The van der Waals surface area contributed by atoms with Crippen LogP contribution in [-0.2, 0) is 6.54 Å². The molecule has 0 aromatic carbocycles. The zero-order valence-corrected chi connectivity index (χ0v) is 9.90. The zero-order valence-electron chi connectivity index (χ0n) is 9.90. The van der Waals surface area contributed by atoms with Crippen molar-refractivity contribution in [2.45, 2.75) is 20.4 Å². The second kappa shape index (κ2) is 4.23. The summed E-state index contributed by atoms with van der Waals surface area (Å²) in [5.74, 6) is 1.14. The summed E-state index contributed by atoms with van der Waals surface area (Å²) >= 11 is 0. The fraction of sp³-hybridized carbons (Fsp3) is 0.727. The summed E-state index contributed by atoms with van der Waals surface area (Å²) < 4.78 is 2.24. The minimum atomic E-state index is 1.00. The van der Waals surface area contributed by atoms with E-state index < -0.39 is 0 Å².